The van der Waals surface area contributed by atoms with Gasteiger partial charge in [0.15, 0.2) is 0 Å². The number of H-pyrrole nitrogens is 1. The first-order valence-electron chi connectivity index (χ1n) is 4.61. The van der Waals surface area contributed by atoms with E-state index in [4.69, 9.17) is 4.74 Å². The molecule has 0 unspecified atom stereocenters. The number of carbonyl (C=O) groups excluding carboxylic acids is 1. The van der Waals surface area contributed by atoms with Crippen molar-refractivity contribution in [3.05, 3.63) is 11.8 Å². The highest BCUT2D eigenvalue weighted by Crippen LogP contribution is 2.13. The van der Waals surface area contributed by atoms with Crippen LogP contribution in [-0.4, -0.2) is 41.9 Å². The van der Waals surface area contributed by atoms with Gasteiger partial charge in [0.2, 0.25) is 5.71 Å². The van der Waals surface area contributed by atoms with E-state index in [-0.39, 0.29) is 12.3 Å². The third-order valence-corrected chi connectivity index (χ3v) is 2.30. The number of rotatable bonds is 5. The summed E-state index contributed by atoms with van der Waals surface area (Å²) in [7, 11) is 1.37. The molecule has 0 atom stereocenters. The predicted octanol–water partition coefficient (Wildman–Crippen LogP) is 1.05. The zero-order valence-electron chi connectivity index (χ0n) is 9.31. The molecule has 16 heavy (non-hydrogen) atoms. The molecule has 1 rings (SSSR count). The predicted molar refractivity (Wildman–Crippen MR) is 60.5 cm³/mol. The summed E-state index contributed by atoms with van der Waals surface area (Å²) in [6, 6.07) is 1.71. The van der Waals surface area contributed by atoms with E-state index < -0.39 is 5.97 Å². The van der Waals surface area contributed by atoms with Crippen LogP contribution in [0.25, 0.3) is 0 Å². The van der Waals surface area contributed by atoms with E-state index in [0.29, 0.717) is 5.69 Å². The van der Waals surface area contributed by atoms with Crippen LogP contribution in [-0.2, 0) is 14.4 Å². The zero-order chi connectivity index (χ0) is 12.0. The van der Waals surface area contributed by atoms with Crippen molar-refractivity contribution in [2.45, 2.75) is 11.9 Å². The van der Waals surface area contributed by atoms with Gasteiger partial charge in [0, 0.05) is 0 Å². The maximum absolute atomic E-state index is 11.5. The Morgan fingerprint density at radius 2 is 2.44 bits per heavy atom. The molecule has 0 radical (unpaired) electrons. The van der Waals surface area contributed by atoms with E-state index in [9.17, 15) is 4.79 Å². The third kappa shape index (κ3) is 2.99. The number of hydrogen-bond donors (Lipinski definition) is 1. The first kappa shape index (κ1) is 12.6. The number of hydrogen-bond acceptors (Lipinski definition) is 6. The Bertz CT molecular complexity index is 389. The minimum absolute atomic E-state index is 0.0807. The Morgan fingerprint density at radius 3 is 2.94 bits per heavy atom. The number of nitrogens with zero attached hydrogens (tertiary/aromatic N) is 2. The molecule has 0 spiro atoms. The summed E-state index contributed by atoms with van der Waals surface area (Å²) in [4.78, 5) is 16.1. The summed E-state index contributed by atoms with van der Waals surface area (Å²) in [5, 5.41) is 11.1. The van der Waals surface area contributed by atoms with Crippen molar-refractivity contribution in [3.63, 3.8) is 0 Å². The van der Waals surface area contributed by atoms with Crippen molar-refractivity contribution in [1.29, 1.82) is 0 Å². The standard InChI is InChI=1S/C9H13N3O3S/c1-4-15-9(13)8(12-14-2)6-5-7(16-3)11-10-6/h5H,4H2,1-3H3,(H,10,11). The molecule has 7 heteroatoms. The van der Waals surface area contributed by atoms with E-state index in [1.54, 1.807) is 13.0 Å². The summed E-state index contributed by atoms with van der Waals surface area (Å²) in [6.45, 7) is 2.01. The van der Waals surface area contributed by atoms with Crippen molar-refractivity contribution in [2.75, 3.05) is 20.0 Å². The number of carbonyl (C=O) groups is 1. The lowest BCUT2D eigenvalue weighted by Gasteiger charge is -2.02. The Labute approximate surface area is 97.4 Å². The number of ether oxygens (including phenoxy) is 1. The molecule has 0 saturated carbocycles. The third-order valence-electron chi connectivity index (χ3n) is 1.67. The average molecular weight is 243 g/mol. The van der Waals surface area contributed by atoms with Gasteiger partial charge in [0.25, 0.3) is 0 Å². The topological polar surface area (TPSA) is 76.6 Å². The maximum Gasteiger partial charge on any atom is 0.362 e. The molecule has 0 aliphatic heterocycles. The van der Waals surface area contributed by atoms with Crippen molar-refractivity contribution in [3.8, 4) is 0 Å². The number of esters is 1. The fourth-order valence-corrected chi connectivity index (χ4v) is 1.39. The van der Waals surface area contributed by atoms with Gasteiger partial charge in [-0.25, -0.2) is 4.79 Å². The Kier molecular flexibility index (Phi) is 4.84. The van der Waals surface area contributed by atoms with Gasteiger partial charge in [0.1, 0.15) is 12.1 Å². The van der Waals surface area contributed by atoms with Crippen LogP contribution in [0.2, 0.25) is 0 Å². The van der Waals surface area contributed by atoms with Crippen LogP contribution in [0, 0.1) is 0 Å². The van der Waals surface area contributed by atoms with Crippen molar-refractivity contribution in [2.24, 2.45) is 5.16 Å². The lowest BCUT2D eigenvalue weighted by atomic mass is 10.3. The van der Waals surface area contributed by atoms with E-state index in [0.717, 1.165) is 5.03 Å². The molecule has 1 aromatic rings. The van der Waals surface area contributed by atoms with Crippen LogP contribution < -0.4 is 0 Å². The highest BCUT2D eigenvalue weighted by Gasteiger charge is 2.18. The largest absolute Gasteiger partial charge is 0.461 e. The Hall–Kier alpha value is -1.50. The molecule has 0 amide bonds. The van der Waals surface area contributed by atoms with Crippen molar-refractivity contribution in [1.82, 2.24) is 10.2 Å². The Balaban J connectivity index is 2.94. The molecule has 0 saturated heterocycles. The first-order chi connectivity index (χ1) is 7.72. The summed E-state index contributed by atoms with van der Waals surface area (Å²) >= 11 is 1.46. The summed E-state index contributed by atoms with van der Waals surface area (Å²) in [6.07, 6.45) is 1.89. The number of aromatic nitrogens is 2. The first-order valence-corrected chi connectivity index (χ1v) is 5.83. The SMILES string of the molecule is CCOC(=O)C(=NOC)c1cc(SC)n[nH]1. The number of aromatic amines is 1. The van der Waals surface area contributed by atoms with Gasteiger partial charge < -0.3 is 9.57 Å². The van der Waals surface area contributed by atoms with Crippen LogP contribution in [0.5, 0.6) is 0 Å². The van der Waals surface area contributed by atoms with E-state index in [1.165, 1.54) is 18.9 Å². The quantitative estimate of drug-likeness (QED) is 0.362. The maximum atomic E-state index is 11.5. The molecule has 88 valence electrons. The second-order valence-corrected chi connectivity index (χ2v) is 3.49. The van der Waals surface area contributed by atoms with Crippen LogP contribution >= 0.6 is 11.8 Å². The monoisotopic (exact) mass is 243 g/mol. The summed E-state index contributed by atoms with van der Waals surface area (Å²) in [5.41, 5.74) is 0.557. The van der Waals surface area contributed by atoms with Crippen LogP contribution in [0.3, 0.4) is 0 Å². The van der Waals surface area contributed by atoms with Crippen LogP contribution in [0.1, 0.15) is 12.6 Å². The minimum Gasteiger partial charge on any atom is -0.461 e. The smallest absolute Gasteiger partial charge is 0.362 e. The molecule has 1 N–H and O–H groups in total. The fraction of sp³-hybridized carbons (Fsp3) is 0.444. The Morgan fingerprint density at radius 1 is 1.69 bits per heavy atom. The zero-order valence-corrected chi connectivity index (χ0v) is 10.1. The molecule has 1 aromatic heterocycles. The molecule has 0 aliphatic carbocycles. The van der Waals surface area contributed by atoms with E-state index >= 15 is 0 Å². The minimum atomic E-state index is -0.541. The molecule has 0 aliphatic rings. The highest BCUT2D eigenvalue weighted by atomic mass is 32.2. The fourth-order valence-electron chi connectivity index (χ4n) is 1.02. The molecular weight excluding hydrogens is 230 g/mol. The normalized spacial score (nSPS) is 11.3. The molecule has 1 heterocycles. The molecule has 6 nitrogen and oxygen atoms in total. The van der Waals surface area contributed by atoms with Crippen LogP contribution in [0.15, 0.2) is 16.2 Å². The van der Waals surface area contributed by atoms with Crippen molar-refractivity contribution < 1.29 is 14.4 Å². The second-order valence-electron chi connectivity index (χ2n) is 2.67. The molecule has 0 bridgehead atoms. The van der Waals surface area contributed by atoms with E-state index in [1.807, 2.05) is 6.26 Å². The second kappa shape index (κ2) is 6.16. The van der Waals surface area contributed by atoms with Gasteiger partial charge in [-0.15, -0.1) is 11.8 Å². The lowest BCUT2D eigenvalue weighted by Crippen LogP contribution is -2.19. The average Bonchev–Trinajstić information content (AvgIpc) is 2.74. The van der Waals surface area contributed by atoms with Crippen molar-refractivity contribution >= 4 is 23.4 Å². The van der Waals surface area contributed by atoms with Gasteiger partial charge in [0.05, 0.1) is 12.3 Å². The molecular formula is C9H13N3O3S. The van der Waals surface area contributed by atoms with E-state index in [2.05, 4.69) is 20.2 Å². The lowest BCUT2D eigenvalue weighted by molar-refractivity contribution is -0.135. The molecule has 0 aromatic carbocycles. The van der Waals surface area contributed by atoms with Gasteiger partial charge >= 0.3 is 5.97 Å². The van der Waals surface area contributed by atoms with Gasteiger partial charge in [-0.2, -0.15) is 5.10 Å². The number of nitrogens with one attached hydrogen (secondary N) is 1. The summed E-state index contributed by atoms with van der Waals surface area (Å²) in [5.74, 6) is -0.541. The molecule has 0 fully saturated rings. The van der Waals surface area contributed by atoms with Crippen LogP contribution in [0.4, 0.5) is 0 Å². The van der Waals surface area contributed by atoms with Gasteiger partial charge in [-0.1, -0.05) is 5.16 Å². The van der Waals surface area contributed by atoms with Gasteiger partial charge in [-0.05, 0) is 19.2 Å². The number of thioether (sulfide) groups is 1. The number of oxime groups is 1. The van der Waals surface area contributed by atoms with Gasteiger partial charge in [-0.3, -0.25) is 5.10 Å². The highest BCUT2D eigenvalue weighted by molar-refractivity contribution is 7.98. The summed E-state index contributed by atoms with van der Waals surface area (Å²) < 4.78 is 4.85.